The lowest BCUT2D eigenvalue weighted by molar-refractivity contribution is -0.143. The number of aromatic nitrogens is 2. The Morgan fingerprint density at radius 1 is 1.02 bits per heavy atom. The van der Waals surface area contributed by atoms with Crippen LogP contribution < -0.4 is 17.0 Å². The first-order chi connectivity index (χ1) is 21.8. The summed E-state index contributed by atoms with van der Waals surface area (Å²) in [5.74, 6) is -0.288. The standard InChI is InChI=1S/C32H57N3O10SSi2/c1-13-41-25(36)17-15-14-16-18-34-27(37)22(2)19-35(29(34)38)28-26(44-48(11,12)31(6,7)8)32(23(33)21-46(39,40)45-32)24(43-28)20-42-47(9,10)30(3,4)5/h19,21,24,26,28H,13-18,20,33H2,1-12H3. The molecule has 0 saturated carbocycles. The van der Waals surface area contributed by atoms with Crippen LogP contribution in [-0.2, 0) is 44.0 Å². The van der Waals surface area contributed by atoms with E-state index in [2.05, 4.69) is 33.9 Å². The molecule has 3 heterocycles. The molecule has 4 unspecified atom stereocenters. The molecule has 2 N–H and O–H groups in total. The first-order valence-electron chi connectivity index (χ1n) is 16.7. The van der Waals surface area contributed by atoms with Crippen molar-refractivity contribution in [3.63, 3.8) is 0 Å². The highest BCUT2D eigenvalue weighted by Gasteiger charge is 2.67. The van der Waals surface area contributed by atoms with Gasteiger partial charge in [-0.1, -0.05) is 48.0 Å². The lowest BCUT2D eigenvalue weighted by atomic mass is 9.89. The Kier molecular flexibility index (Phi) is 12.0. The summed E-state index contributed by atoms with van der Waals surface area (Å²) in [6.45, 7) is 24.2. The van der Waals surface area contributed by atoms with Gasteiger partial charge in [-0.25, -0.2) is 8.98 Å². The summed E-state index contributed by atoms with van der Waals surface area (Å²) in [6, 6.07) is 0. The molecule has 1 saturated heterocycles. The van der Waals surface area contributed by atoms with Crippen LogP contribution in [0.4, 0.5) is 0 Å². The summed E-state index contributed by atoms with van der Waals surface area (Å²) >= 11 is 0. The minimum atomic E-state index is -4.24. The SMILES string of the molecule is CCOC(=O)CCCCCn1c(=O)c(C)cn(C2OC(CO[Si](C)(C)C(C)(C)C)C3(OS(=O)(=O)C=C3N)C2O[Si](C)(C)C(C)(C)C)c1=O. The van der Waals surface area contributed by atoms with E-state index in [4.69, 9.17) is 28.2 Å². The fourth-order valence-corrected chi connectivity index (χ4v) is 8.81. The number of nitrogens with two attached hydrogens (primary N) is 1. The number of carbonyl (C=O) groups excluding carboxylic acids is 1. The third-order valence-electron chi connectivity index (χ3n) is 10.3. The molecule has 48 heavy (non-hydrogen) atoms. The van der Waals surface area contributed by atoms with Gasteiger partial charge in [0.05, 0.1) is 24.3 Å². The molecule has 4 atom stereocenters. The second-order valence-electron chi connectivity index (χ2n) is 15.9. The van der Waals surface area contributed by atoms with Crippen LogP contribution >= 0.6 is 0 Å². The third-order valence-corrected chi connectivity index (χ3v) is 20.3. The number of esters is 1. The lowest BCUT2D eigenvalue weighted by Gasteiger charge is -2.43. The lowest BCUT2D eigenvalue weighted by Crippen LogP contribution is -2.59. The Bertz CT molecular complexity index is 1600. The van der Waals surface area contributed by atoms with Gasteiger partial charge in [-0.2, -0.15) is 8.42 Å². The van der Waals surface area contributed by atoms with E-state index in [0.29, 0.717) is 25.9 Å². The molecule has 0 aromatic carbocycles. The van der Waals surface area contributed by atoms with Gasteiger partial charge in [0.15, 0.2) is 28.5 Å². The number of hydrogen-bond acceptors (Lipinski definition) is 11. The molecule has 3 rings (SSSR count). The van der Waals surface area contributed by atoms with Crippen LogP contribution in [0.5, 0.6) is 0 Å². The zero-order chi connectivity index (χ0) is 36.7. The number of ether oxygens (including phenoxy) is 2. The minimum absolute atomic E-state index is 0.0672. The Hall–Kier alpha value is -2.09. The molecule has 1 fully saturated rings. The van der Waals surface area contributed by atoms with Gasteiger partial charge in [0.1, 0.15) is 12.2 Å². The normalized spacial score (nSPS) is 24.7. The maximum atomic E-state index is 14.2. The van der Waals surface area contributed by atoms with E-state index in [9.17, 15) is 22.8 Å². The summed E-state index contributed by atoms with van der Waals surface area (Å²) in [5.41, 5.74) is 3.83. The van der Waals surface area contributed by atoms with Gasteiger partial charge in [-0.15, -0.1) is 0 Å². The quantitative estimate of drug-likeness (QED) is 0.130. The zero-order valence-corrected chi connectivity index (χ0v) is 33.6. The average molecular weight is 732 g/mol. The predicted molar refractivity (Wildman–Crippen MR) is 189 cm³/mol. The fraction of sp³-hybridized carbons (Fsp3) is 0.781. The van der Waals surface area contributed by atoms with Crippen LogP contribution in [0.1, 0.15) is 85.9 Å². The molecule has 1 spiro atoms. The molecule has 0 amide bonds. The van der Waals surface area contributed by atoms with Crippen LogP contribution in [0.15, 0.2) is 26.9 Å². The Labute approximate surface area is 287 Å². The number of rotatable bonds is 13. The van der Waals surface area contributed by atoms with Crippen LogP contribution in [-0.4, -0.2) is 71.2 Å². The topological polar surface area (TPSA) is 167 Å². The van der Waals surface area contributed by atoms with Crippen molar-refractivity contribution in [2.24, 2.45) is 5.73 Å². The van der Waals surface area contributed by atoms with E-state index in [1.165, 1.54) is 10.8 Å². The number of aryl methyl sites for hydroxylation is 1. The summed E-state index contributed by atoms with van der Waals surface area (Å²) in [7, 11) is -9.36. The summed E-state index contributed by atoms with van der Waals surface area (Å²) in [6.07, 6.45) is -0.185. The van der Waals surface area contributed by atoms with Crippen LogP contribution in [0, 0.1) is 6.92 Å². The van der Waals surface area contributed by atoms with Gasteiger partial charge in [0, 0.05) is 24.7 Å². The first kappa shape index (κ1) is 40.3. The van der Waals surface area contributed by atoms with Gasteiger partial charge in [-0.3, -0.25) is 18.7 Å². The molecule has 1 aromatic heterocycles. The van der Waals surface area contributed by atoms with E-state index in [1.807, 2.05) is 33.9 Å². The number of nitrogens with zero attached hydrogens (tertiary/aromatic N) is 2. The minimum Gasteiger partial charge on any atom is -0.466 e. The van der Waals surface area contributed by atoms with Gasteiger partial charge >= 0.3 is 11.7 Å². The maximum Gasteiger partial charge on any atom is 0.333 e. The van der Waals surface area contributed by atoms with E-state index >= 15 is 0 Å². The summed E-state index contributed by atoms with van der Waals surface area (Å²) < 4.78 is 59.6. The number of carbonyl (C=O) groups is 1. The first-order valence-corrected chi connectivity index (χ1v) is 24.0. The molecule has 16 heteroatoms. The third kappa shape index (κ3) is 8.27. The second kappa shape index (κ2) is 14.3. The van der Waals surface area contributed by atoms with E-state index in [1.54, 1.807) is 13.8 Å². The number of unbranched alkanes of at least 4 members (excludes halogenated alkanes) is 2. The van der Waals surface area contributed by atoms with E-state index in [0.717, 1.165) is 9.98 Å². The van der Waals surface area contributed by atoms with Gasteiger partial charge in [-0.05, 0) is 63.0 Å². The maximum absolute atomic E-state index is 14.2. The molecular formula is C32H57N3O10SSi2. The largest absolute Gasteiger partial charge is 0.466 e. The zero-order valence-electron chi connectivity index (χ0n) is 30.8. The van der Waals surface area contributed by atoms with Crippen molar-refractivity contribution in [3.05, 3.63) is 43.7 Å². The van der Waals surface area contributed by atoms with Crippen molar-refractivity contribution in [2.45, 2.75) is 148 Å². The molecule has 0 radical (unpaired) electrons. The van der Waals surface area contributed by atoms with Crippen molar-refractivity contribution in [2.75, 3.05) is 13.2 Å². The Morgan fingerprint density at radius 2 is 1.62 bits per heavy atom. The highest BCUT2D eigenvalue weighted by molar-refractivity contribution is 7.90. The van der Waals surface area contributed by atoms with Crippen molar-refractivity contribution in [3.8, 4) is 0 Å². The summed E-state index contributed by atoms with van der Waals surface area (Å²) in [5, 5.41) is 0.387. The Balaban J connectivity index is 2.15. The molecule has 2 aliphatic heterocycles. The molecule has 0 bridgehead atoms. The van der Waals surface area contributed by atoms with Crippen LogP contribution in [0.25, 0.3) is 0 Å². The van der Waals surface area contributed by atoms with Gasteiger partial charge in [0.25, 0.3) is 15.7 Å². The molecule has 274 valence electrons. The van der Waals surface area contributed by atoms with Crippen LogP contribution in [0.2, 0.25) is 36.3 Å². The summed E-state index contributed by atoms with van der Waals surface area (Å²) in [4.78, 5) is 39.2. The molecule has 0 aliphatic carbocycles. The molecule has 2 aliphatic rings. The predicted octanol–water partition coefficient (Wildman–Crippen LogP) is 4.65. The fourth-order valence-electron chi connectivity index (χ4n) is 5.30. The second-order valence-corrected chi connectivity index (χ2v) is 26.9. The molecule has 13 nitrogen and oxygen atoms in total. The van der Waals surface area contributed by atoms with Crippen molar-refractivity contribution in [1.82, 2.24) is 9.13 Å². The number of hydrogen-bond donors (Lipinski definition) is 1. The highest BCUT2D eigenvalue weighted by Crippen LogP contribution is 2.52. The van der Waals surface area contributed by atoms with Crippen molar-refractivity contribution >= 4 is 32.7 Å². The van der Waals surface area contributed by atoms with Crippen LogP contribution in [0.3, 0.4) is 0 Å². The molecule has 1 aromatic rings. The monoisotopic (exact) mass is 731 g/mol. The Morgan fingerprint density at radius 3 is 2.15 bits per heavy atom. The van der Waals surface area contributed by atoms with Crippen molar-refractivity contribution < 1.29 is 35.7 Å². The highest BCUT2D eigenvalue weighted by atomic mass is 32.2. The smallest absolute Gasteiger partial charge is 0.333 e. The molecular weight excluding hydrogens is 675 g/mol. The van der Waals surface area contributed by atoms with E-state index < -0.39 is 62.0 Å². The van der Waals surface area contributed by atoms with Gasteiger partial charge in [0.2, 0.25) is 0 Å². The average Bonchev–Trinajstić information content (AvgIpc) is 3.36. The van der Waals surface area contributed by atoms with Crippen molar-refractivity contribution in [1.29, 1.82) is 0 Å². The van der Waals surface area contributed by atoms with E-state index in [-0.39, 0.29) is 46.9 Å². The van der Waals surface area contributed by atoms with Gasteiger partial charge < -0.3 is 24.1 Å².